The molecule has 35 heavy (non-hydrogen) atoms. The maximum absolute atomic E-state index is 12.9. The van der Waals surface area contributed by atoms with Crippen molar-refractivity contribution in [3.05, 3.63) is 46.8 Å². The summed E-state index contributed by atoms with van der Waals surface area (Å²) >= 11 is 0. The van der Waals surface area contributed by atoms with Crippen LogP contribution in [-0.2, 0) is 21.4 Å². The minimum absolute atomic E-state index is 0.0345. The number of nitrogens with zero attached hydrogens (tertiary/aromatic N) is 3. The Balaban J connectivity index is 1.55. The molecule has 1 unspecified atom stereocenters. The van der Waals surface area contributed by atoms with Gasteiger partial charge in [-0.25, -0.2) is 8.42 Å². The zero-order valence-corrected chi connectivity index (χ0v) is 20.8. The number of aliphatic carboxylic acids is 1. The van der Waals surface area contributed by atoms with E-state index in [0.29, 0.717) is 24.2 Å². The molecule has 0 aliphatic carbocycles. The van der Waals surface area contributed by atoms with Crippen molar-refractivity contribution in [2.45, 2.75) is 44.7 Å². The summed E-state index contributed by atoms with van der Waals surface area (Å²) in [6.45, 7) is 7.57. The lowest BCUT2D eigenvalue weighted by Crippen LogP contribution is -2.48. The maximum Gasteiger partial charge on any atom is 0.323 e. The van der Waals surface area contributed by atoms with Crippen LogP contribution in [0.3, 0.4) is 0 Å². The molecule has 0 radical (unpaired) electrons. The SMILES string of the molecule is Cc1cc(C)c(S(=O)(=O)NC(CNC(=O)c2cnn(CCCNC3=NCCN3)c2)C(=O)O)c(C)c1. The Bertz CT molecular complexity index is 1200. The molecule has 1 amide bonds. The first-order valence-corrected chi connectivity index (χ1v) is 12.7. The van der Waals surface area contributed by atoms with E-state index in [4.69, 9.17) is 0 Å². The molecule has 0 saturated heterocycles. The van der Waals surface area contributed by atoms with Gasteiger partial charge < -0.3 is 21.1 Å². The molecule has 2 heterocycles. The highest BCUT2D eigenvalue weighted by Crippen LogP contribution is 2.21. The predicted octanol–water partition coefficient (Wildman–Crippen LogP) is -0.0912. The summed E-state index contributed by atoms with van der Waals surface area (Å²) in [6.07, 6.45) is 3.69. The molecule has 0 spiro atoms. The van der Waals surface area contributed by atoms with E-state index in [1.54, 1.807) is 36.9 Å². The van der Waals surface area contributed by atoms with Crippen LogP contribution < -0.4 is 20.7 Å². The van der Waals surface area contributed by atoms with Crippen molar-refractivity contribution in [3.63, 3.8) is 0 Å². The monoisotopic (exact) mass is 505 g/mol. The van der Waals surface area contributed by atoms with Crippen molar-refractivity contribution in [3.8, 4) is 0 Å². The number of rotatable bonds is 11. The minimum atomic E-state index is -4.13. The number of nitrogens with one attached hydrogen (secondary N) is 4. The zero-order chi connectivity index (χ0) is 25.6. The fourth-order valence-corrected chi connectivity index (χ4v) is 5.52. The van der Waals surface area contributed by atoms with Crippen molar-refractivity contribution >= 4 is 27.9 Å². The standard InChI is InChI=1S/C22H31N7O5S/c1-14-9-15(2)19(16(3)10-14)35(33,34)28-18(21(31)32)12-26-20(30)17-11-27-29(13-17)8-4-5-23-22-24-6-7-25-22/h9-11,13,18,28H,4-8,12H2,1-3H3,(H,26,30)(H,31,32)(H2,23,24,25). The number of carboxylic acids is 1. The lowest BCUT2D eigenvalue weighted by molar-refractivity contribution is -0.138. The zero-order valence-electron chi connectivity index (χ0n) is 20.0. The molecule has 2 aromatic rings. The van der Waals surface area contributed by atoms with Gasteiger partial charge in [-0.1, -0.05) is 17.7 Å². The summed E-state index contributed by atoms with van der Waals surface area (Å²) in [5.41, 5.74) is 2.17. The average molecular weight is 506 g/mol. The van der Waals surface area contributed by atoms with E-state index in [9.17, 15) is 23.1 Å². The lowest BCUT2D eigenvalue weighted by atomic mass is 10.1. The second-order valence-corrected chi connectivity index (χ2v) is 10.0. The van der Waals surface area contributed by atoms with E-state index in [2.05, 4.69) is 30.8 Å². The van der Waals surface area contributed by atoms with E-state index in [1.165, 1.54) is 6.20 Å². The molecular formula is C22H31N7O5S. The average Bonchev–Trinajstić information content (AvgIpc) is 3.45. The highest BCUT2D eigenvalue weighted by atomic mass is 32.2. The quantitative estimate of drug-likeness (QED) is 0.264. The van der Waals surface area contributed by atoms with Crippen LogP contribution in [-0.4, -0.2) is 73.4 Å². The molecule has 1 aromatic carbocycles. The molecule has 5 N–H and O–H groups in total. The van der Waals surface area contributed by atoms with Crippen molar-refractivity contribution in [2.24, 2.45) is 4.99 Å². The van der Waals surface area contributed by atoms with Crippen molar-refractivity contribution in [1.29, 1.82) is 0 Å². The van der Waals surface area contributed by atoms with Crippen LogP contribution in [0.5, 0.6) is 0 Å². The Hall–Kier alpha value is -3.45. The highest BCUT2D eigenvalue weighted by molar-refractivity contribution is 7.89. The Kier molecular flexibility index (Phi) is 8.46. The van der Waals surface area contributed by atoms with Crippen LogP contribution in [0.25, 0.3) is 0 Å². The predicted molar refractivity (Wildman–Crippen MR) is 130 cm³/mol. The molecule has 12 nitrogen and oxygen atoms in total. The van der Waals surface area contributed by atoms with Gasteiger partial charge in [-0.3, -0.25) is 19.3 Å². The summed E-state index contributed by atoms with van der Waals surface area (Å²) in [4.78, 5) is 28.5. The van der Waals surface area contributed by atoms with Gasteiger partial charge in [-0.15, -0.1) is 0 Å². The number of carbonyl (C=O) groups excluding carboxylic acids is 1. The molecule has 1 aliphatic rings. The molecule has 3 rings (SSSR count). The Labute approximate surface area is 204 Å². The van der Waals surface area contributed by atoms with Gasteiger partial charge in [0.2, 0.25) is 10.0 Å². The minimum Gasteiger partial charge on any atom is -0.480 e. The number of sulfonamides is 1. The van der Waals surface area contributed by atoms with Crippen LogP contribution in [0.2, 0.25) is 0 Å². The van der Waals surface area contributed by atoms with Crippen molar-refractivity contribution in [2.75, 3.05) is 26.2 Å². The molecule has 1 aliphatic heterocycles. The first-order valence-electron chi connectivity index (χ1n) is 11.2. The van der Waals surface area contributed by atoms with Gasteiger partial charge >= 0.3 is 5.97 Å². The van der Waals surface area contributed by atoms with Crippen LogP contribution in [0.4, 0.5) is 0 Å². The number of benzene rings is 1. The van der Waals surface area contributed by atoms with Gasteiger partial charge in [0.1, 0.15) is 6.04 Å². The molecule has 1 atom stereocenters. The van der Waals surface area contributed by atoms with E-state index in [-0.39, 0.29) is 10.5 Å². The van der Waals surface area contributed by atoms with Gasteiger partial charge in [0.25, 0.3) is 5.91 Å². The van der Waals surface area contributed by atoms with Gasteiger partial charge in [0.15, 0.2) is 5.96 Å². The first kappa shape index (κ1) is 26.2. The van der Waals surface area contributed by atoms with Gasteiger partial charge in [0.05, 0.1) is 23.2 Å². The van der Waals surface area contributed by atoms with Crippen LogP contribution >= 0.6 is 0 Å². The maximum atomic E-state index is 12.9. The third-order valence-corrected chi connectivity index (χ3v) is 7.14. The van der Waals surface area contributed by atoms with Gasteiger partial charge in [0, 0.05) is 32.4 Å². The van der Waals surface area contributed by atoms with Crippen LogP contribution in [0, 0.1) is 20.8 Å². The number of hydrogen-bond acceptors (Lipinski definition) is 8. The third-order valence-electron chi connectivity index (χ3n) is 5.36. The van der Waals surface area contributed by atoms with E-state index in [0.717, 1.165) is 31.0 Å². The number of guanidine groups is 1. The van der Waals surface area contributed by atoms with Gasteiger partial charge in [-0.05, 0) is 38.3 Å². The molecule has 190 valence electrons. The van der Waals surface area contributed by atoms with Gasteiger partial charge in [-0.2, -0.15) is 9.82 Å². The summed E-state index contributed by atoms with van der Waals surface area (Å²) in [7, 11) is -4.13. The van der Waals surface area contributed by atoms with E-state index in [1.807, 2.05) is 6.92 Å². The fraction of sp³-hybridized carbons (Fsp3) is 0.455. The number of aromatic nitrogens is 2. The number of aliphatic imine (C=N–C) groups is 1. The second kappa shape index (κ2) is 11.3. The molecule has 0 bridgehead atoms. The number of amides is 1. The van der Waals surface area contributed by atoms with E-state index < -0.39 is 34.5 Å². The Morgan fingerprint density at radius 3 is 2.57 bits per heavy atom. The van der Waals surface area contributed by atoms with Crippen molar-refractivity contribution < 1.29 is 23.1 Å². The number of carboxylic acid groups (broad SMARTS) is 1. The topological polar surface area (TPSA) is 167 Å². The molecular weight excluding hydrogens is 474 g/mol. The largest absolute Gasteiger partial charge is 0.480 e. The number of carbonyl (C=O) groups is 2. The summed E-state index contributed by atoms with van der Waals surface area (Å²) in [5, 5.41) is 22.4. The number of hydrogen-bond donors (Lipinski definition) is 5. The smallest absolute Gasteiger partial charge is 0.323 e. The first-order chi connectivity index (χ1) is 16.6. The Morgan fingerprint density at radius 1 is 1.23 bits per heavy atom. The highest BCUT2D eigenvalue weighted by Gasteiger charge is 2.28. The molecule has 1 aromatic heterocycles. The van der Waals surface area contributed by atoms with E-state index >= 15 is 0 Å². The molecule has 0 fully saturated rings. The molecule has 13 heteroatoms. The summed E-state index contributed by atoms with van der Waals surface area (Å²) in [5.74, 6) is -1.17. The normalized spacial score (nSPS) is 14.2. The Morgan fingerprint density at radius 2 is 1.94 bits per heavy atom. The van der Waals surface area contributed by atoms with Crippen molar-refractivity contribution in [1.82, 2.24) is 30.5 Å². The fourth-order valence-electron chi connectivity index (χ4n) is 3.88. The second-order valence-electron chi connectivity index (χ2n) is 8.38. The third kappa shape index (κ3) is 7.02. The summed E-state index contributed by atoms with van der Waals surface area (Å²) in [6, 6.07) is 1.89. The molecule has 0 saturated carbocycles. The lowest BCUT2D eigenvalue weighted by Gasteiger charge is -2.18. The number of aryl methyl sites for hydroxylation is 4. The van der Waals surface area contributed by atoms with Crippen LogP contribution in [0.1, 0.15) is 33.5 Å². The summed E-state index contributed by atoms with van der Waals surface area (Å²) < 4.78 is 29.6. The van der Waals surface area contributed by atoms with Crippen LogP contribution in [0.15, 0.2) is 34.4 Å².